The van der Waals surface area contributed by atoms with E-state index >= 15 is 0 Å². The van der Waals surface area contributed by atoms with E-state index in [0.29, 0.717) is 0 Å². The Labute approximate surface area is 144 Å². The summed E-state index contributed by atoms with van der Waals surface area (Å²) in [7, 11) is 1.28. The molecule has 0 bridgehead atoms. The van der Waals surface area contributed by atoms with E-state index < -0.39 is 74.3 Å². The highest BCUT2D eigenvalue weighted by Crippen LogP contribution is 2.25. The Kier molecular flexibility index (Phi) is 7.49. The molecule has 0 amide bonds. The van der Waals surface area contributed by atoms with Gasteiger partial charge >= 0.3 is 0 Å². The zero-order valence-electron chi connectivity index (χ0n) is 13.8. The number of aliphatic hydroxyl groups excluding tert-OH is 7. The molecule has 0 aromatic rings. The third kappa shape index (κ3) is 4.28. The lowest BCUT2D eigenvalue weighted by atomic mass is 9.90. The molecule has 2 aliphatic rings. The van der Waals surface area contributed by atoms with Crippen LogP contribution in [0.25, 0.3) is 0 Å². The predicted octanol–water partition coefficient (Wildman–Crippen LogP) is -5.13. The highest BCUT2D eigenvalue weighted by Gasteiger charge is 2.47. The average Bonchev–Trinajstić information content (AvgIpc) is 2.62. The molecule has 8 N–H and O–H groups in total. The van der Waals surface area contributed by atoms with Gasteiger partial charge in [-0.25, -0.2) is 0 Å². The fourth-order valence-electron chi connectivity index (χ4n) is 3.13. The number of ether oxygens (including phenoxy) is 3. The Morgan fingerprint density at radius 1 is 0.840 bits per heavy atom. The highest BCUT2D eigenvalue weighted by atomic mass is 16.7. The predicted molar refractivity (Wildman–Crippen MR) is 80.3 cm³/mol. The number of nitrogens with one attached hydrogen (secondary N) is 1. The minimum absolute atomic E-state index is 0.243. The van der Waals surface area contributed by atoms with Crippen LogP contribution in [0.3, 0.4) is 0 Å². The van der Waals surface area contributed by atoms with Gasteiger partial charge in [0.2, 0.25) is 0 Å². The second kappa shape index (κ2) is 8.97. The Morgan fingerprint density at radius 2 is 1.48 bits per heavy atom. The highest BCUT2D eigenvalue weighted by molar-refractivity contribution is 4.99. The summed E-state index contributed by atoms with van der Waals surface area (Å²) in [5.74, 6) is 0. The van der Waals surface area contributed by atoms with Gasteiger partial charge in [0, 0.05) is 7.11 Å². The molecule has 0 aliphatic carbocycles. The minimum Gasteiger partial charge on any atom is -0.395 e. The van der Waals surface area contributed by atoms with E-state index in [-0.39, 0.29) is 6.61 Å². The van der Waals surface area contributed by atoms with Gasteiger partial charge in [0.15, 0.2) is 6.29 Å². The lowest BCUT2D eigenvalue weighted by molar-refractivity contribution is -0.303. The van der Waals surface area contributed by atoms with Gasteiger partial charge in [-0.2, -0.15) is 0 Å². The molecule has 0 spiro atoms. The summed E-state index contributed by atoms with van der Waals surface area (Å²) in [6.45, 7) is -1.22. The van der Waals surface area contributed by atoms with Crippen LogP contribution in [0.2, 0.25) is 0 Å². The Bertz CT molecular complexity index is 411. The van der Waals surface area contributed by atoms with E-state index in [1.807, 2.05) is 0 Å². The number of aliphatic hydroxyl groups is 7. The van der Waals surface area contributed by atoms with Crippen molar-refractivity contribution in [2.45, 2.75) is 61.1 Å². The molecule has 2 heterocycles. The number of hydrogen-bond donors (Lipinski definition) is 8. The first kappa shape index (κ1) is 20.9. The number of piperidine rings is 1. The molecule has 2 saturated heterocycles. The normalized spacial score (nSPS) is 48.5. The SMILES string of the molecule is CO[C@H]1O[C@H](CO)[C@@H](OC[C@@H]2N[C@H](CO)[C@@H](O)[C@H](O)[C@H]2O)[C@H](O)[C@H]1O. The van der Waals surface area contributed by atoms with Crippen LogP contribution in [0.5, 0.6) is 0 Å². The van der Waals surface area contributed by atoms with Gasteiger partial charge in [0.1, 0.15) is 30.5 Å². The molecule has 0 saturated carbocycles. The topological polar surface area (TPSA) is 181 Å². The smallest absolute Gasteiger partial charge is 0.186 e. The van der Waals surface area contributed by atoms with Crippen LogP contribution in [0.1, 0.15) is 0 Å². The van der Waals surface area contributed by atoms with Gasteiger partial charge < -0.3 is 55.3 Å². The second-order valence-corrected chi connectivity index (χ2v) is 6.27. The van der Waals surface area contributed by atoms with Crippen molar-refractivity contribution in [3.63, 3.8) is 0 Å². The van der Waals surface area contributed by atoms with Crippen LogP contribution < -0.4 is 5.32 Å². The van der Waals surface area contributed by atoms with Crippen molar-refractivity contribution >= 4 is 0 Å². The van der Waals surface area contributed by atoms with Crippen LogP contribution in [0.15, 0.2) is 0 Å². The molecule has 0 aromatic heterocycles. The Morgan fingerprint density at radius 3 is 2.04 bits per heavy atom. The molecule has 148 valence electrons. The maximum absolute atomic E-state index is 10.2. The first-order valence-electron chi connectivity index (χ1n) is 8.03. The van der Waals surface area contributed by atoms with E-state index in [1.165, 1.54) is 7.11 Å². The van der Waals surface area contributed by atoms with Crippen molar-refractivity contribution in [3.05, 3.63) is 0 Å². The van der Waals surface area contributed by atoms with Crippen molar-refractivity contribution in [2.75, 3.05) is 26.9 Å². The van der Waals surface area contributed by atoms with Crippen LogP contribution in [-0.2, 0) is 14.2 Å². The van der Waals surface area contributed by atoms with Gasteiger partial charge in [-0.1, -0.05) is 0 Å². The van der Waals surface area contributed by atoms with Gasteiger partial charge in [-0.05, 0) is 0 Å². The van der Waals surface area contributed by atoms with E-state index in [9.17, 15) is 35.7 Å². The van der Waals surface area contributed by atoms with E-state index in [2.05, 4.69) is 5.32 Å². The molecule has 0 aromatic carbocycles. The second-order valence-electron chi connectivity index (χ2n) is 6.27. The zero-order chi connectivity index (χ0) is 18.7. The quantitative estimate of drug-likeness (QED) is 0.224. The van der Waals surface area contributed by atoms with Crippen LogP contribution in [-0.4, -0.2) is 124 Å². The average molecular weight is 369 g/mol. The first-order chi connectivity index (χ1) is 11.8. The molecule has 2 fully saturated rings. The molecule has 2 rings (SSSR count). The van der Waals surface area contributed by atoms with Gasteiger partial charge in [0.05, 0.1) is 44.1 Å². The summed E-state index contributed by atoms with van der Waals surface area (Å²) >= 11 is 0. The van der Waals surface area contributed by atoms with Crippen molar-refractivity contribution in [3.8, 4) is 0 Å². The van der Waals surface area contributed by atoms with Crippen molar-refractivity contribution < 1.29 is 50.0 Å². The van der Waals surface area contributed by atoms with Gasteiger partial charge in [0.25, 0.3) is 0 Å². The van der Waals surface area contributed by atoms with Crippen molar-refractivity contribution in [1.29, 1.82) is 0 Å². The third-order valence-electron chi connectivity index (χ3n) is 4.67. The molecule has 25 heavy (non-hydrogen) atoms. The fraction of sp³-hybridized carbons (Fsp3) is 1.00. The molecule has 0 radical (unpaired) electrons. The standard InChI is InChI=1S/C14H27NO10/c1-23-14-12(22)11(21)13(7(3-17)25-14)24-4-6-9(19)10(20)8(18)5(2-16)15-6/h5-22H,2-4H2,1H3/t5-,6+,7-,8-,9+,10+,11-,12-,13-,14+/m1/s1. The molecule has 11 nitrogen and oxygen atoms in total. The minimum atomic E-state index is -1.49. The zero-order valence-corrected chi connectivity index (χ0v) is 13.8. The number of methoxy groups -OCH3 is 1. The first-order valence-corrected chi connectivity index (χ1v) is 8.03. The molecule has 2 aliphatic heterocycles. The number of rotatable bonds is 6. The summed E-state index contributed by atoms with van der Waals surface area (Å²) < 4.78 is 15.7. The lowest BCUT2D eigenvalue weighted by Crippen LogP contribution is -2.67. The summed E-state index contributed by atoms with van der Waals surface area (Å²) in [5, 5.41) is 71.1. The third-order valence-corrected chi connectivity index (χ3v) is 4.67. The van der Waals surface area contributed by atoms with Crippen LogP contribution >= 0.6 is 0 Å². The molecule has 10 atom stereocenters. The Balaban J connectivity index is 2.00. The summed E-state index contributed by atoms with van der Waals surface area (Å²) in [5.41, 5.74) is 0. The summed E-state index contributed by atoms with van der Waals surface area (Å²) in [6.07, 6.45) is -10.3. The van der Waals surface area contributed by atoms with Crippen LogP contribution in [0.4, 0.5) is 0 Å². The molecular formula is C14H27NO10. The van der Waals surface area contributed by atoms with E-state index in [4.69, 9.17) is 14.2 Å². The van der Waals surface area contributed by atoms with Crippen molar-refractivity contribution in [2.24, 2.45) is 0 Å². The largest absolute Gasteiger partial charge is 0.395 e. The van der Waals surface area contributed by atoms with E-state index in [1.54, 1.807) is 0 Å². The van der Waals surface area contributed by atoms with Crippen LogP contribution in [0, 0.1) is 0 Å². The molecule has 0 unspecified atom stereocenters. The fourth-order valence-corrected chi connectivity index (χ4v) is 3.13. The monoisotopic (exact) mass is 369 g/mol. The summed E-state index contributed by atoms with van der Waals surface area (Å²) in [6, 6.07) is -1.73. The van der Waals surface area contributed by atoms with Crippen molar-refractivity contribution in [1.82, 2.24) is 5.32 Å². The maximum atomic E-state index is 10.2. The molecular weight excluding hydrogens is 342 g/mol. The summed E-state index contributed by atoms with van der Waals surface area (Å²) in [4.78, 5) is 0. The molecule has 11 heteroatoms. The number of hydrogen-bond acceptors (Lipinski definition) is 11. The Hall–Kier alpha value is -0.440. The lowest BCUT2D eigenvalue weighted by Gasteiger charge is -2.44. The van der Waals surface area contributed by atoms with Gasteiger partial charge in [-0.15, -0.1) is 0 Å². The van der Waals surface area contributed by atoms with E-state index in [0.717, 1.165) is 0 Å². The van der Waals surface area contributed by atoms with Gasteiger partial charge in [-0.3, -0.25) is 0 Å². The maximum Gasteiger partial charge on any atom is 0.186 e.